The van der Waals surface area contributed by atoms with E-state index in [1.165, 1.54) is 0 Å². The number of para-hydroxylation sites is 2. The third kappa shape index (κ3) is 5.15. The highest BCUT2D eigenvalue weighted by atomic mass is 16.5. The van der Waals surface area contributed by atoms with Crippen molar-refractivity contribution in [3.63, 3.8) is 0 Å². The molecular formula is C19H20N2O4. The number of carbonyl (C=O) groups excluding carboxylic acids is 1. The normalized spacial score (nSPS) is 9.80. The fourth-order valence-corrected chi connectivity index (χ4v) is 2.15. The van der Waals surface area contributed by atoms with Crippen LogP contribution >= 0.6 is 0 Å². The first-order valence-corrected chi connectivity index (χ1v) is 7.99. The van der Waals surface area contributed by atoms with Gasteiger partial charge >= 0.3 is 0 Å². The molecule has 6 heteroatoms. The molecule has 0 aliphatic carbocycles. The molecule has 130 valence electrons. The Morgan fingerprint density at radius 2 is 1.72 bits per heavy atom. The molecule has 0 spiro atoms. The van der Waals surface area contributed by atoms with Gasteiger partial charge in [0.25, 0.3) is 5.91 Å². The Hall–Kier alpha value is -3.20. The van der Waals surface area contributed by atoms with Crippen LogP contribution in [0.2, 0.25) is 0 Å². The van der Waals surface area contributed by atoms with Gasteiger partial charge in [-0.1, -0.05) is 12.1 Å². The van der Waals surface area contributed by atoms with Gasteiger partial charge in [-0.15, -0.1) is 0 Å². The lowest BCUT2D eigenvalue weighted by Crippen LogP contribution is -2.20. The molecule has 0 saturated heterocycles. The van der Waals surface area contributed by atoms with Crippen LogP contribution in [-0.2, 0) is 4.79 Å². The Morgan fingerprint density at radius 1 is 1.00 bits per heavy atom. The molecule has 1 amide bonds. The average Bonchev–Trinajstić information content (AvgIpc) is 2.62. The van der Waals surface area contributed by atoms with E-state index in [1.54, 1.807) is 30.3 Å². The molecule has 2 rings (SSSR count). The van der Waals surface area contributed by atoms with Crippen molar-refractivity contribution in [1.82, 2.24) is 0 Å². The molecule has 0 aliphatic rings. The predicted octanol–water partition coefficient (Wildman–Crippen LogP) is 3.37. The second kappa shape index (κ2) is 9.18. The van der Waals surface area contributed by atoms with Gasteiger partial charge in [0.1, 0.15) is 5.75 Å². The van der Waals surface area contributed by atoms with Crippen LogP contribution in [-0.4, -0.2) is 25.7 Å². The summed E-state index contributed by atoms with van der Waals surface area (Å²) in [6.45, 7) is 4.46. The molecule has 6 nitrogen and oxygen atoms in total. The molecule has 0 heterocycles. The molecule has 0 unspecified atom stereocenters. The SMILES string of the molecule is CCOc1ccccc1NC(=O)COc1ccc(C#N)cc1OCC. The van der Waals surface area contributed by atoms with Crippen LogP contribution in [0.25, 0.3) is 0 Å². The van der Waals surface area contributed by atoms with Gasteiger partial charge in [0.2, 0.25) is 0 Å². The van der Waals surface area contributed by atoms with Crippen molar-refractivity contribution in [2.24, 2.45) is 0 Å². The molecule has 0 aromatic heterocycles. The van der Waals surface area contributed by atoms with Gasteiger partial charge in [-0.25, -0.2) is 0 Å². The monoisotopic (exact) mass is 340 g/mol. The van der Waals surface area contributed by atoms with Crippen molar-refractivity contribution in [2.45, 2.75) is 13.8 Å². The van der Waals surface area contributed by atoms with Crippen LogP contribution in [0.15, 0.2) is 42.5 Å². The smallest absolute Gasteiger partial charge is 0.262 e. The molecule has 0 radical (unpaired) electrons. The molecule has 0 atom stereocenters. The third-order valence-electron chi connectivity index (χ3n) is 3.19. The number of hydrogen-bond donors (Lipinski definition) is 1. The average molecular weight is 340 g/mol. The van der Waals surface area contributed by atoms with Crippen LogP contribution in [0, 0.1) is 11.3 Å². The maximum atomic E-state index is 12.1. The molecule has 0 saturated carbocycles. The standard InChI is InChI=1S/C19H20N2O4/c1-3-23-16-8-6-5-7-15(16)21-19(22)13-25-17-10-9-14(12-20)11-18(17)24-4-2/h5-11H,3-4,13H2,1-2H3,(H,21,22). The zero-order valence-electron chi connectivity index (χ0n) is 14.2. The molecule has 2 aromatic rings. The molecule has 0 bridgehead atoms. The van der Waals surface area contributed by atoms with E-state index in [4.69, 9.17) is 19.5 Å². The molecule has 25 heavy (non-hydrogen) atoms. The van der Waals surface area contributed by atoms with Crippen molar-refractivity contribution in [3.05, 3.63) is 48.0 Å². The summed E-state index contributed by atoms with van der Waals surface area (Å²) in [6, 6.07) is 14.0. The van der Waals surface area contributed by atoms with Gasteiger partial charge in [0.15, 0.2) is 18.1 Å². The summed E-state index contributed by atoms with van der Waals surface area (Å²) >= 11 is 0. The maximum absolute atomic E-state index is 12.1. The van der Waals surface area contributed by atoms with Crippen LogP contribution in [0.5, 0.6) is 17.2 Å². The first kappa shape index (κ1) is 18.1. The van der Waals surface area contributed by atoms with Gasteiger partial charge in [0.05, 0.1) is 30.5 Å². The van der Waals surface area contributed by atoms with Crippen molar-refractivity contribution in [1.29, 1.82) is 5.26 Å². The fourth-order valence-electron chi connectivity index (χ4n) is 2.15. The maximum Gasteiger partial charge on any atom is 0.262 e. The molecule has 1 N–H and O–H groups in total. The Kier molecular flexibility index (Phi) is 6.66. The third-order valence-corrected chi connectivity index (χ3v) is 3.19. The summed E-state index contributed by atoms with van der Waals surface area (Å²) < 4.78 is 16.5. The molecule has 2 aromatic carbocycles. The van der Waals surface area contributed by atoms with Crippen molar-refractivity contribution < 1.29 is 19.0 Å². The summed E-state index contributed by atoms with van der Waals surface area (Å²) in [5, 5.41) is 11.7. The Morgan fingerprint density at radius 3 is 2.44 bits per heavy atom. The molecular weight excluding hydrogens is 320 g/mol. The van der Waals surface area contributed by atoms with E-state index < -0.39 is 0 Å². The van der Waals surface area contributed by atoms with E-state index in [2.05, 4.69) is 5.32 Å². The van der Waals surface area contributed by atoms with Gasteiger partial charge in [0, 0.05) is 6.07 Å². The number of nitrogens with zero attached hydrogens (tertiary/aromatic N) is 1. The van der Waals surface area contributed by atoms with Crippen LogP contribution in [0.3, 0.4) is 0 Å². The highest BCUT2D eigenvalue weighted by Gasteiger charge is 2.11. The second-order valence-corrected chi connectivity index (χ2v) is 4.97. The topological polar surface area (TPSA) is 80.6 Å². The number of ether oxygens (including phenoxy) is 3. The quantitative estimate of drug-likeness (QED) is 0.797. The Balaban J connectivity index is 2.02. The zero-order valence-corrected chi connectivity index (χ0v) is 14.2. The molecule has 0 aliphatic heterocycles. The van der Waals surface area contributed by atoms with E-state index in [0.717, 1.165) is 0 Å². The van der Waals surface area contributed by atoms with E-state index in [9.17, 15) is 4.79 Å². The minimum Gasteiger partial charge on any atom is -0.492 e. The van der Waals surface area contributed by atoms with Crippen molar-refractivity contribution in [3.8, 4) is 23.3 Å². The lowest BCUT2D eigenvalue weighted by atomic mass is 10.2. The summed E-state index contributed by atoms with van der Waals surface area (Å²) in [4.78, 5) is 12.1. The summed E-state index contributed by atoms with van der Waals surface area (Å²) in [5.74, 6) is 1.13. The van der Waals surface area contributed by atoms with E-state index in [-0.39, 0.29) is 12.5 Å². The minimum absolute atomic E-state index is 0.188. The van der Waals surface area contributed by atoms with Gasteiger partial charge < -0.3 is 19.5 Å². The van der Waals surface area contributed by atoms with Crippen molar-refractivity contribution in [2.75, 3.05) is 25.1 Å². The number of rotatable bonds is 8. The van der Waals surface area contributed by atoms with Crippen molar-refractivity contribution >= 4 is 11.6 Å². The number of benzene rings is 2. The fraction of sp³-hybridized carbons (Fsp3) is 0.263. The van der Waals surface area contributed by atoms with Crippen LogP contribution < -0.4 is 19.5 Å². The molecule has 0 fully saturated rings. The second-order valence-electron chi connectivity index (χ2n) is 4.97. The largest absolute Gasteiger partial charge is 0.492 e. The number of nitrogens with one attached hydrogen (secondary N) is 1. The van der Waals surface area contributed by atoms with E-state index in [1.807, 2.05) is 32.0 Å². The van der Waals surface area contributed by atoms with E-state index in [0.29, 0.717) is 41.7 Å². The minimum atomic E-state index is -0.320. The number of anilines is 1. The summed E-state index contributed by atoms with van der Waals surface area (Å²) in [5.41, 5.74) is 1.05. The number of amides is 1. The number of carbonyl (C=O) groups is 1. The first-order chi connectivity index (χ1) is 12.2. The lowest BCUT2D eigenvalue weighted by molar-refractivity contribution is -0.118. The van der Waals surface area contributed by atoms with Gasteiger partial charge in [-0.3, -0.25) is 4.79 Å². The number of nitriles is 1. The first-order valence-electron chi connectivity index (χ1n) is 7.99. The highest BCUT2D eigenvalue weighted by Crippen LogP contribution is 2.28. The van der Waals surface area contributed by atoms with Gasteiger partial charge in [-0.05, 0) is 38.1 Å². The van der Waals surface area contributed by atoms with E-state index >= 15 is 0 Å². The van der Waals surface area contributed by atoms with Gasteiger partial charge in [-0.2, -0.15) is 5.26 Å². The zero-order chi connectivity index (χ0) is 18.1. The number of hydrogen-bond acceptors (Lipinski definition) is 5. The Bertz CT molecular complexity index is 768. The Labute approximate surface area is 146 Å². The lowest BCUT2D eigenvalue weighted by Gasteiger charge is -2.13. The summed E-state index contributed by atoms with van der Waals surface area (Å²) in [7, 11) is 0. The van der Waals surface area contributed by atoms with Crippen LogP contribution in [0.1, 0.15) is 19.4 Å². The van der Waals surface area contributed by atoms with Crippen LogP contribution in [0.4, 0.5) is 5.69 Å². The summed E-state index contributed by atoms with van der Waals surface area (Å²) in [6.07, 6.45) is 0. The highest BCUT2D eigenvalue weighted by molar-refractivity contribution is 5.93. The predicted molar refractivity (Wildman–Crippen MR) is 94.1 cm³/mol.